The second kappa shape index (κ2) is 19.9. The molecule has 1 unspecified atom stereocenters. The van der Waals surface area contributed by atoms with Crippen LogP contribution in [0.1, 0.15) is 48.0 Å². The van der Waals surface area contributed by atoms with E-state index < -0.39 is 19.5 Å². The van der Waals surface area contributed by atoms with Crippen molar-refractivity contribution in [1.29, 1.82) is 0 Å². The summed E-state index contributed by atoms with van der Waals surface area (Å²) in [6.45, 7) is 5.13. The largest absolute Gasteiger partial charge is 0.494 e. The number of aromatic nitrogens is 2. The number of thioether (sulfide) groups is 1. The lowest BCUT2D eigenvalue weighted by Crippen LogP contribution is -2.54. The molecule has 4 aliphatic heterocycles. The number of para-hydroxylation sites is 1. The normalized spacial score (nSPS) is 18.5. The zero-order valence-electron chi connectivity index (χ0n) is 35.9. The maximum Gasteiger partial charge on any atom is 0.362 e. The molecule has 3 aromatic carbocycles. The number of imide groups is 1. The van der Waals surface area contributed by atoms with Gasteiger partial charge in [0.1, 0.15) is 16.8 Å². The summed E-state index contributed by atoms with van der Waals surface area (Å²) in [6, 6.07) is 18.3. The molecule has 3 fully saturated rings. The van der Waals surface area contributed by atoms with Crippen molar-refractivity contribution in [1.82, 2.24) is 30.0 Å². The molecule has 20 heteroatoms. The van der Waals surface area contributed by atoms with E-state index in [1.165, 1.54) is 20.4 Å². The fourth-order valence-corrected chi connectivity index (χ4v) is 11.2. The first-order chi connectivity index (χ1) is 31.0. The Kier molecular flexibility index (Phi) is 14.1. The van der Waals surface area contributed by atoms with Crippen LogP contribution >= 0.6 is 31.0 Å². The van der Waals surface area contributed by atoms with Crippen molar-refractivity contribution in [2.24, 2.45) is 0 Å². The number of halogens is 1. The molecule has 0 aliphatic carbocycles. The topological polar surface area (TPSA) is 188 Å². The third kappa shape index (κ3) is 9.72. The van der Waals surface area contributed by atoms with Crippen LogP contribution in [0.15, 0.2) is 71.8 Å². The smallest absolute Gasteiger partial charge is 0.362 e. The summed E-state index contributed by atoms with van der Waals surface area (Å²) in [5, 5.41) is 9.34. The average Bonchev–Trinajstić information content (AvgIpc) is 3.66. The van der Waals surface area contributed by atoms with Crippen molar-refractivity contribution >= 4 is 88.7 Å². The number of hydrogen-bond acceptors (Lipinski definition) is 15. The van der Waals surface area contributed by atoms with Gasteiger partial charge in [0.05, 0.1) is 30.0 Å². The quantitative estimate of drug-likeness (QED) is 0.0738. The van der Waals surface area contributed by atoms with Crippen LogP contribution in [-0.2, 0) is 34.5 Å². The van der Waals surface area contributed by atoms with E-state index in [1.807, 2.05) is 35.2 Å². The fourth-order valence-electron chi connectivity index (χ4n) is 8.76. The maximum atomic E-state index is 13.3. The zero-order chi connectivity index (χ0) is 45.0. The second-order valence-corrected chi connectivity index (χ2v) is 19.6. The molecule has 17 nitrogen and oxygen atoms in total. The summed E-state index contributed by atoms with van der Waals surface area (Å²) in [5.74, 6) is 0.969. The van der Waals surface area contributed by atoms with Crippen LogP contribution in [0.5, 0.6) is 5.75 Å². The van der Waals surface area contributed by atoms with Crippen LogP contribution in [-0.4, -0.2) is 127 Å². The Morgan fingerprint density at radius 1 is 0.922 bits per heavy atom. The highest BCUT2D eigenvalue weighted by Gasteiger charge is 2.40. The molecular weight excluding hydrogens is 881 g/mol. The second-order valence-electron chi connectivity index (χ2n) is 15.8. The molecule has 8 rings (SSSR count). The summed E-state index contributed by atoms with van der Waals surface area (Å²) < 4.78 is 29.4. The first-order valence-electron chi connectivity index (χ1n) is 21.2. The molecule has 4 amide bonds. The summed E-state index contributed by atoms with van der Waals surface area (Å²) >= 11 is 8.05. The van der Waals surface area contributed by atoms with E-state index in [0.717, 1.165) is 55.2 Å². The number of fused-ring (bicyclic) bond motifs is 1. The number of benzene rings is 3. The highest BCUT2D eigenvalue weighted by molar-refractivity contribution is 7.99. The van der Waals surface area contributed by atoms with Gasteiger partial charge in [-0.15, -0.1) is 11.8 Å². The van der Waals surface area contributed by atoms with Crippen LogP contribution in [0.3, 0.4) is 0 Å². The Bertz CT molecular complexity index is 2460. The number of methoxy groups -OCH3 is 1. The molecule has 338 valence electrons. The van der Waals surface area contributed by atoms with Gasteiger partial charge in [0.2, 0.25) is 23.7 Å². The number of piperidine rings is 2. The van der Waals surface area contributed by atoms with Gasteiger partial charge in [-0.2, -0.15) is 4.98 Å². The molecule has 1 aromatic heterocycles. The number of nitrogens with one attached hydrogen (secondary N) is 3. The van der Waals surface area contributed by atoms with Crippen LogP contribution < -0.4 is 30.9 Å². The highest BCUT2D eigenvalue weighted by Crippen LogP contribution is 2.47. The van der Waals surface area contributed by atoms with E-state index in [0.29, 0.717) is 78.1 Å². The van der Waals surface area contributed by atoms with E-state index in [9.17, 15) is 23.7 Å². The molecule has 64 heavy (non-hydrogen) atoms. The Balaban J connectivity index is 0.798. The number of rotatable bonds is 15. The lowest BCUT2D eigenvalue weighted by atomic mass is 10.0. The van der Waals surface area contributed by atoms with Crippen LogP contribution in [0.2, 0.25) is 5.02 Å². The molecular formula is C44H51ClN9O8PS. The molecule has 4 aromatic rings. The van der Waals surface area contributed by atoms with Gasteiger partial charge in [-0.1, -0.05) is 29.8 Å². The SMILES string of the molecule is COc1cc(N2CCC(N3CCN(C(=O)CCSc4cccc5c4CN(C4CCC(=O)NC4=O)C5=O)CC3)CC2)ccc1Nc1ncc(Cl)c(Nc2ccccc2P(=O)(OC)OC)n1. The first kappa shape index (κ1) is 45.3. The van der Waals surface area contributed by atoms with Gasteiger partial charge in [0.25, 0.3) is 5.91 Å². The Morgan fingerprint density at radius 3 is 2.42 bits per heavy atom. The third-order valence-electron chi connectivity index (χ3n) is 12.2. The van der Waals surface area contributed by atoms with Gasteiger partial charge in [-0.25, -0.2) is 4.98 Å². The monoisotopic (exact) mass is 931 g/mol. The standard InChI is InChI=1S/C44H51ClN9O8PS/c1-60-36-25-29(11-12-33(36)48-44-46-26-32(45)41(50-44)47-34-8-4-5-9-37(34)63(59,61-2)62-3)51-18-15-28(16-19-51)52-20-22-53(23-21-52)40(56)17-24-64-38-10-6-7-30-31(38)27-54(43(30)58)35-13-14-39(55)49-42(35)57/h4-12,25-26,28,35H,13-24,27H2,1-3H3,(H,49,55,57)(H2,46,47,48,50). The van der Waals surface area contributed by atoms with Gasteiger partial charge in [0, 0.05) is 107 Å². The van der Waals surface area contributed by atoms with Crippen LogP contribution in [0.4, 0.5) is 28.8 Å². The number of ether oxygens (including phenoxy) is 1. The van der Waals surface area contributed by atoms with Crippen molar-refractivity contribution in [2.45, 2.75) is 55.6 Å². The number of carbonyl (C=O) groups is 4. The van der Waals surface area contributed by atoms with Crippen molar-refractivity contribution in [2.75, 3.05) is 81.9 Å². The Morgan fingerprint density at radius 2 is 1.69 bits per heavy atom. The molecule has 0 radical (unpaired) electrons. The molecule has 1 atom stereocenters. The molecule has 3 N–H and O–H groups in total. The fraction of sp³-hybridized carbons (Fsp3) is 0.409. The number of carbonyl (C=O) groups excluding carboxylic acids is 4. The molecule has 0 bridgehead atoms. The van der Waals surface area contributed by atoms with Gasteiger partial charge < -0.3 is 39.1 Å². The minimum atomic E-state index is -3.57. The lowest BCUT2D eigenvalue weighted by Gasteiger charge is -2.43. The minimum absolute atomic E-state index is 0.131. The predicted octanol–water partition coefficient (Wildman–Crippen LogP) is 5.79. The molecule has 5 heterocycles. The Labute approximate surface area is 381 Å². The third-order valence-corrected chi connectivity index (χ3v) is 15.6. The molecule has 3 saturated heterocycles. The van der Waals surface area contributed by atoms with Crippen molar-refractivity contribution in [3.63, 3.8) is 0 Å². The van der Waals surface area contributed by atoms with Gasteiger partial charge >= 0.3 is 7.60 Å². The molecule has 0 saturated carbocycles. The lowest BCUT2D eigenvalue weighted by molar-refractivity contribution is -0.137. The van der Waals surface area contributed by atoms with Crippen molar-refractivity contribution in [3.8, 4) is 5.75 Å². The number of anilines is 5. The number of hydrogen-bond donors (Lipinski definition) is 3. The van der Waals surface area contributed by atoms with E-state index in [4.69, 9.17) is 25.4 Å². The van der Waals surface area contributed by atoms with Gasteiger partial charge in [-0.05, 0) is 61.2 Å². The summed E-state index contributed by atoms with van der Waals surface area (Å²) in [7, 11) is 0.700. The number of nitrogens with zero attached hydrogens (tertiary/aromatic N) is 6. The minimum Gasteiger partial charge on any atom is -0.494 e. The van der Waals surface area contributed by atoms with Crippen LogP contribution in [0.25, 0.3) is 0 Å². The average molecular weight is 932 g/mol. The molecule has 0 spiro atoms. The molecule has 4 aliphatic rings. The number of amides is 4. The summed E-state index contributed by atoms with van der Waals surface area (Å²) in [4.78, 5) is 69.0. The summed E-state index contributed by atoms with van der Waals surface area (Å²) in [5.41, 5.74) is 3.63. The van der Waals surface area contributed by atoms with E-state index in [2.05, 4.69) is 35.7 Å². The highest BCUT2D eigenvalue weighted by atomic mass is 35.5. The van der Waals surface area contributed by atoms with Crippen LogP contribution in [0, 0.1) is 0 Å². The van der Waals surface area contributed by atoms with Gasteiger partial charge in [-0.3, -0.25) is 34.0 Å². The first-order valence-corrected chi connectivity index (χ1v) is 24.1. The van der Waals surface area contributed by atoms with E-state index in [-0.39, 0.29) is 35.1 Å². The zero-order valence-corrected chi connectivity index (χ0v) is 38.3. The number of piperazine rings is 1. The van der Waals surface area contributed by atoms with E-state index in [1.54, 1.807) is 54.1 Å². The summed E-state index contributed by atoms with van der Waals surface area (Å²) in [6.07, 6.45) is 4.40. The van der Waals surface area contributed by atoms with E-state index >= 15 is 0 Å². The van der Waals surface area contributed by atoms with Crippen molar-refractivity contribution < 1.29 is 37.5 Å². The maximum absolute atomic E-state index is 13.3. The Hall–Kier alpha value is -5.23. The van der Waals surface area contributed by atoms with Crippen molar-refractivity contribution in [3.05, 3.63) is 83.0 Å². The van der Waals surface area contributed by atoms with Gasteiger partial charge in [0.15, 0.2) is 5.82 Å². The predicted molar refractivity (Wildman–Crippen MR) is 246 cm³/mol.